The largest absolute Gasteiger partial charge is 0.350 e. The monoisotopic (exact) mass is 425 g/mol. The zero-order valence-electron chi connectivity index (χ0n) is 14.4. The molecule has 0 fully saturated rings. The Balaban J connectivity index is 1.68. The SMILES string of the molecule is Cn1cc(-c2noc(-c3cn(C)c4ncc(F)cc34)n2)c2cc(Br)ccc21. The first kappa shape index (κ1) is 16.2. The van der Waals surface area contributed by atoms with Crippen molar-refractivity contribution < 1.29 is 8.91 Å². The molecule has 0 saturated carbocycles. The summed E-state index contributed by atoms with van der Waals surface area (Å²) in [5.41, 5.74) is 3.24. The van der Waals surface area contributed by atoms with Crippen LogP contribution >= 0.6 is 15.9 Å². The first-order valence-electron chi connectivity index (χ1n) is 8.21. The fraction of sp³-hybridized carbons (Fsp3) is 0.105. The average Bonchev–Trinajstić information content (AvgIpc) is 3.32. The average molecular weight is 426 g/mol. The molecule has 5 aromatic rings. The molecule has 0 N–H and O–H groups in total. The maximum absolute atomic E-state index is 13.7. The van der Waals surface area contributed by atoms with Crippen LogP contribution in [0.4, 0.5) is 4.39 Å². The third-order valence-electron chi connectivity index (χ3n) is 4.63. The van der Waals surface area contributed by atoms with E-state index in [2.05, 4.69) is 31.1 Å². The van der Waals surface area contributed by atoms with Gasteiger partial charge in [0.05, 0.1) is 11.8 Å². The summed E-state index contributed by atoms with van der Waals surface area (Å²) < 4.78 is 24.0. The fourth-order valence-corrected chi connectivity index (χ4v) is 3.75. The zero-order valence-corrected chi connectivity index (χ0v) is 16.0. The molecule has 6 nitrogen and oxygen atoms in total. The molecule has 27 heavy (non-hydrogen) atoms. The molecule has 0 unspecified atom stereocenters. The van der Waals surface area contributed by atoms with Crippen molar-refractivity contribution in [1.82, 2.24) is 24.3 Å². The lowest BCUT2D eigenvalue weighted by molar-refractivity contribution is 0.432. The summed E-state index contributed by atoms with van der Waals surface area (Å²) >= 11 is 3.51. The third-order valence-corrected chi connectivity index (χ3v) is 5.12. The second-order valence-corrected chi connectivity index (χ2v) is 7.33. The number of hydrogen-bond donors (Lipinski definition) is 0. The Kier molecular flexibility index (Phi) is 3.45. The van der Waals surface area contributed by atoms with Crippen LogP contribution in [-0.2, 0) is 14.1 Å². The quantitative estimate of drug-likeness (QED) is 0.411. The van der Waals surface area contributed by atoms with Gasteiger partial charge in [-0.2, -0.15) is 4.98 Å². The van der Waals surface area contributed by atoms with Gasteiger partial charge in [0.25, 0.3) is 5.89 Å². The molecule has 1 aromatic carbocycles. The molecule has 0 bridgehead atoms. The van der Waals surface area contributed by atoms with Crippen molar-refractivity contribution in [3.63, 3.8) is 0 Å². The predicted molar refractivity (Wildman–Crippen MR) is 104 cm³/mol. The highest BCUT2D eigenvalue weighted by Crippen LogP contribution is 2.33. The Morgan fingerprint density at radius 3 is 2.70 bits per heavy atom. The van der Waals surface area contributed by atoms with Gasteiger partial charge in [-0.05, 0) is 24.3 Å². The van der Waals surface area contributed by atoms with Gasteiger partial charge in [-0.25, -0.2) is 9.37 Å². The van der Waals surface area contributed by atoms with Crippen LogP contribution < -0.4 is 0 Å². The molecule has 0 aliphatic heterocycles. The van der Waals surface area contributed by atoms with Crippen LogP contribution in [0.25, 0.3) is 44.8 Å². The van der Waals surface area contributed by atoms with E-state index in [1.54, 1.807) is 0 Å². The summed E-state index contributed by atoms with van der Waals surface area (Å²) in [5.74, 6) is 0.402. The molecule has 0 radical (unpaired) electrons. The molecule has 0 aliphatic carbocycles. The van der Waals surface area contributed by atoms with Crippen molar-refractivity contribution in [1.29, 1.82) is 0 Å². The molecule has 0 amide bonds. The van der Waals surface area contributed by atoms with Crippen molar-refractivity contribution in [3.05, 3.63) is 53.1 Å². The van der Waals surface area contributed by atoms with Gasteiger partial charge in [-0.15, -0.1) is 0 Å². The minimum Gasteiger partial charge on any atom is -0.350 e. The van der Waals surface area contributed by atoms with Crippen LogP contribution in [0.5, 0.6) is 0 Å². The summed E-state index contributed by atoms with van der Waals surface area (Å²) in [6, 6.07) is 7.48. The molecular weight excluding hydrogens is 413 g/mol. The van der Waals surface area contributed by atoms with Crippen molar-refractivity contribution in [3.8, 4) is 22.8 Å². The van der Waals surface area contributed by atoms with Gasteiger partial charge in [-0.1, -0.05) is 21.1 Å². The maximum Gasteiger partial charge on any atom is 0.260 e. The number of halogens is 2. The topological polar surface area (TPSA) is 61.7 Å². The fourth-order valence-electron chi connectivity index (χ4n) is 3.39. The summed E-state index contributed by atoms with van der Waals surface area (Å²) in [5, 5.41) is 5.81. The number of pyridine rings is 1. The van der Waals surface area contributed by atoms with Crippen molar-refractivity contribution in [2.24, 2.45) is 14.1 Å². The minimum absolute atomic E-state index is 0.329. The normalized spacial score (nSPS) is 11.7. The van der Waals surface area contributed by atoms with E-state index in [0.29, 0.717) is 28.3 Å². The van der Waals surface area contributed by atoms with E-state index < -0.39 is 5.82 Å². The van der Waals surface area contributed by atoms with E-state index in [1.807, 2.05) is 53.8 Å². The predicted octanol–water partition coefficient (Wildman–Crippen LogP) is 4.68. The number of hydrogen-bond acceptors (Lipinski definition) is 4. The highest BCUT2D eigenvalue weighted by atomic mass is 79.9. The molecule has 0 aliphatic rings. The summed E-state index contributed by atoms with van der Waals surface area (Å²) in [6.45, 7) is 0. The number of fused-ring (bicyclic) bond motifs is 2. The molecule has 4 aromatic heterocycles. The molecule has 134 valence electrons. The van der Waals surface area contributed by atoms with E-state index in [9.17, 15) is 4.39 Å². The molecule has 0 spiro atoms. The van der Waals surface area contributed by atoms with Crippen LogP contribution in [0.1, 0.15) is 0 Å². The smallest absolute Gasteiger partial charge is 0.260 e. The first-order valence-corrected chi connectivity index (χ1v) is 9.00. The maximum atomic E-state index is 13.7. The Morgan fingerprint density at radius 2 is 1.85 bits per heavy atom. The van der Waals surface area contributed by atoms with Crippen LogP contribution in [0, 0.1) is 5.82 Å². The van der Waals surface area contributed by atoms with Crippen LogP contribution in [-0.4, -0.2) is 24.3 Å². The number of benzene rings is 1. The van der Waals surface area contributed by atoms with E-state index >= 15 is 0 Å². The molecule has 8 heteroatoms. The highest BCUT2D eigenvalue weighted by Gasteiger charge is 2.19. The van der Waals surface area contributed by atoms with Gasteiger partial charge >= 0.3 is 0 Å². The van der Waals surface area contributed by atoms with Gasteiger partial charge < -0.3 is 13.7 Å². The standard InChI is InChI=1S/C19H13BrFN5O/c1-25-8-14(12-5-10(20)3-4-16(12)25)17-23-19(27-24-17)15-9-26(2)18-13(15)6-11(21)7-22-18/h3-9H,1-2H3. The number of aromatic nitrogens is 5. The van der Waals surface area contributed by atoms with E-state index in [-0.39, 0.29) is 0 Å². The molecular formula is C19H13BrFN5O. The molecule has 0 saturated heterocycles. The Labute approximate surface area is 161 Å². The lowest BCUT2D eigenvalue weighted by atomic mass is 10.1. The van der Waals surface area contributed by atoms with Crippen molar-refractivity contribution in [2.75, 3.05) is 0 Å². The number of aryl methyl sites for hydroxylation is 2. The Morgan fingerprint density at radius 1 is 1.04 bits per heavy atom. The zero-order chi connectivity index (χ0) is 18.7. The lowest BCUT2D eigenvalue weighted by Crippen LogP contribution is -1.87. The Bertz CT molecular complexity index is 1230. The number of rotatable bonds is 2. The third kappa shape index (κ3) is 2.48. The highest BCUT2D eigenvalue weighted by molar-refractivity contribution is 9.10. The van der Waals surface area contributed by atoms with E-state index in [4.69, 9.17) is 4.52 Å². The molecule has 4 heterocycles. The Hall–Kier alpha value is -3.00. The van der Waals surface area contributed by atoms with Gasteiger partial charge in [0.1, 0.15) is 11.5 Å². The van der Waals surface area contributed by atoms with Gasteiger partial charge in [0.2, 0.25) is 5.82 Å². The van der Waals surface area contributed by atoms with Crippen LogP contribution in [0.3, 0.4) is 0 Å². The summed E-state index contributed by atoms with van der Waals surface area (Å²) in [6.07, 6.45) is 4.98. The van der Waals surface area contributed by atoms with Gasteiger partial charge in [0.15, 0.2) is 0 Å². The van der Waals surface area contributed by atoms with Gasteiger partial charge in [0, 0.05) is 52.8 Å². The lowest BCUT2D eigenvalue weighted by Gasteiger charge is -1.96. The first-order chi connectivity index (χ1) is 13.0. The second kappa shape index (κ2) is 5.75. The minimum atomic E-state index is -0.409. The summed E-state index contributed by atoms with van der Waals surface area (Å²) in [4.78, 5) is 8.70. The van der Waals surface area contributed by atoms with Crippen LogP contribution in [0.15, 0.2) is 51.9 Å². The van der Waals surface area contributed by atoms with Crippen molar-refractivity contribution in [2.45, 2.75) is 0 Å². The molecule has 0 atom stereocenters. The number of nitrogens with zero attached hydrogens (tertiary/aromatic N) is 5. The van der Waals surface area contributed by atoms with Crippen molar-refractivity contribution >= 4 is 37.9 Å². The van der Waals surface area contributed by atoms with Gasteiger partial charge in [-0.3, -0.25) is 0 Å². The molecule has 5 rings (SSSR count). The van der Waals surface area contributed by atoms with E-state index in [1.165, 1.54) is 12.3 Å². The summed E-state index contributed by atoms with van der Waals surface area (Å²) in [7, 11) is 3.82. The van der Waals surface area contributed by atoms with Crippen LogP contribution in [0.2, 0.25) is 0 Å². The second-order valence-electron chi connectivity index (χ2n) is 6.42. The van der Waals surface area contributed by atoms with E-state index in [0.717, 1.165) is 20.9 Å².